The fraction of sp³-hybridized carbons (Fsp3) is 1.00. The summed E-state index contributed by atoms with van der Waals surface area (Å²) in [6.07, 6.45) is 2.57. The molecule has 2 rings (SSSR count). The molecule has 0 aromatic heterocycles. The van der Waals surface area contributed by atoms with Gasteiger partial charge in [-0.1, -0.05) is 13.8 Å². The monoisotopic (exact) mass is 217 g/mol. The highest BCUT2D eigenvalue weighted by Crippen LogP contribution is 2.60. The van der Waals surface area contributed by atoms with Gasteiger partial charge in [0.25, 0.3) is 0 Å². The second kappa shape index (κ2) is 3.07. The van der Waals surface area contributed by atoms with Gasteiger partial charge in [0, 0.05) is 10.5 Å². The van der Waals surface area contributed by atoms with Gasteiger partial charge in [-0.15, -0.1) is 23.5 Å². The van der Waals surface area contributed by atoms with Gasteiger partial charge in [-0.3, -0.25) is 5.32 Å². The zero-order valence-corrected chi connectivity index (χ0v) is 10.5. The topological polar surface area (TPSA) is 12.0 Å². The predicted octanol–water partition coefficient (Wildman–Crippen LogP) is 3.06. The number of fused-ring (bicyclic) bond motifs is 2. The number of hydrogen-bond donors (Lipinski definition) is 1. The van der Waals surface area contributed by atoms with Crippen molar-refractivity contribution in [2.45, 2.75) is 60.8 Å². The molecule has 2 aliphatic rings. The third-order valence-electron chi connectivity index (χ3n) is 3.24. The van der Waals surface area contributed by atoms with E-state index in [4.69, 9.17) is 0 Å². The smallest absolute Gasteiger partial charge is 0.0751 e. The number of rotatable bonds is 2. The SMILES string of the molecule is CCC1SC2(C)NC1(C)SC2CC. The first-order valence-electron chi connectivity index (χ1n) is 5.19. The van der Waals surface area contributed by atoms with E-state index in [9.17, 15) is 0 Å². The van der Waals surface area contributed by atoms with Crippen molar-refractivity contribution >= 4 is 23.5 Å². The molecule has 2 saturated heterocycles. The minimum atomic E-state index is 0.342. The van der Waals surface area contributed by atoms with E-state index in [1.165, 1.54) is 12.8 Å². The van der Waals surface area contributed by atoms with Crippen molar-refractivity contribution in [2.75, 3.05) is 0 Å². The molecule has 0 aromatic rings. The van der Waals surface area contributed by atoms with Gasteiger partial charge in [0.05, 0.1) is 9.74 Å². The normalized spacial score (nSPS) is 54.5. The Bertz CT molecular complexity index is 199. The number of thioether (sulfide) groups is 2. The summed E-state index contributed by atoms with van der Waals surface area (Å²) >= 11 is 4.32. The van der Waals surface area contributed by atoms with E-state index in [1.54, 1.807) is 0 Å². The van der Waals surface area contributed by atoms with E-state index in [-0.39, 0.29) is 0 Å². The van der Waals surface area contributed by atoms with Crippen molar-refractivity contribution in [3.05, 3.63) is 0 Å². The third-order valence-corrected chi connectivity index (χ3v) is 7.47. The molecule has 0 saturated carbocycles. The lowest BCUT2D eigenvalue weighted by atomic mass is 10.1. The van der Waals surface area contributed by atoms with Crippen LogP contribution in [0.25, 0.3) is 0 Å². The highest BCUT2D eigenvalue weighted by molar-refractivity contribution is 8.09. The minimum absolute atomic E-state index is 0.342. The van der Waals surface area contributed by atoms with Gasteiger partial charge >= 0.3 is 0 Å². The molecule has 2 bridgehead atoms. The maximum atomic E-state index is 3.81. The lowest BCUT2D eigenvalue weighted by Crippen LogP contribution is -2.41. The van der Waals surface area contributed by atoms with E-state index in [0.29, 0.717) is 9.74 Å². The van der Waals surface area contributed by atoms with Crippen LogP contribution in [0.5, 0.6) is 0 Å². The van der Waals surface area contributed by atoms with E-state index in [1.807, 2.05) is 0 Å². The summed E-state index contributed by atoms with van der Waals surface area (Å²) in [5.41, 5.74) is 0. The molecular formula is C10H19NS2. The van der Waals surface area contributed by atoms with Crippen LogP contribution in [-0.2, 0) is 0 Å². The Labute approximate surface area is 89.8 Å². The Morgan fingerprint density at radius 2 is 1.38 bits per heavy atom. The van der Waals surface area contributed by atoms with Crippen molar-refractivity contribution in [1.29, 1.82) is 0 Å². The molecule has 3 heteroatoms. The van der Waals surface area contributed by atoms with Crippen LogP contribution in [0.4, 0.5) is 0 Å². The van der Waals surface area contributed by atoms with Crippen LogP contribution in [0.3, 0.4) is 0 Å². The lowest BCUT2D eigenvalue weighted by Gasteiger charge is -2.34. The summed E-state index contributed by atoms with van der Waals surface area (Å²) in [5.74, 6) is 0. The zero-order chi connectivity index (χ0) is 9.69. The molecule has 76 valence electrons. The van der Waals surface area contributed by atoms with Gasteiger partial charge in [0.2, 0.25) is 0 Å². The lowest BCUT2D eigenvalue weighted by molar-refractivity contribution is 0.452. The molecule has 4 atom stereocenters. The third kappa shape index (κ3) is 1.35. The average molecular weight is 217 g/mol. The molecule has 1 nitrogen and oxygen atoms in total. The summed E-state index contributed by atoms with van der Waals surface area (Å²) in [7, 11) is 0. The van der Waals surface area contributed by atoms with E-state index < -0.39 is 0 Å². The first-order valence-corrected chi connectivity index (χ1v) is 6.95. The van der Waals surface area contributed by atoms with Crippen LogP contribution in [0.1, 0.15) is 40.5 Å². The highest BCUT2D eigenvalue weighted by atomic mass is 32.2. The summed E-state index contributed by atoms with van der Waals surface area (Å²) in [6, 6.07) is 0. The Kier molecular flexibility index (Phi) is 2.41. The molecule has 2 aliphatic heterocycles. The Morgan fingerprint density at radius 3 is 1.62 bits per heavy atom. The quantitative estimate of drug-likeness (QED) is 0.763. The second-order valence-electron chi connectivity index (χ2n) is 4.37. The zero-order valence-electron chi connectivity index (χ0n) is 8.89. The molecular weight excluding hydrogens is 198 g/mol. The number of nitrogens with one attached hydrogen (secondary N) is 1. The van der Waals surface area contributed by atoms with Crippen molar-refractivity contribution < 1.29 is 0 Å². The van der Waals surface area contributed by atoms with Crippen molar-refractivity contribution in [1.82, 2.24) is 5.32 Å². The standard InChI is InChI=1S/C10H19NS2/c1-5-7-9(3)11-10(4,12-7)8(6-2)13-9/h7-8,11H,5-6H2,1-4H3. The fourth-order valence-electron chi connectivity index (χ4n) is 2.63. The summed E-state index contributed by atoms with van der Waals surface area (Å²) in [6.45, 7) is 9.35. The molecule has 1 N–H and O–H groups in total. The van der Waals surface area contributed by atoms with Gasteiger partial charge < -0.3 is 0 Å². The van der Waals surface area contributed by atoms with Crippen LogP contribution in [-0.4, -0.2) is 20.2 Å². The maximum Gasteiger partial charge on any atom is 0.0751 e. The Morgan fingerprint density at radius 1 is 1.00 bits per heavy atom. The van der Waals surface area contributed by atoms with Crippen LogP contribution < -0.4 is 5.32 Å². The predicted molar refractivity (Wildman–Crippen MR) is 63.3 cm³/mol. The van der Waals surface area contributed by atoms with Gasteiger partial charge in [-0.05, 0) is 26.7 Å². The largest absolute Gasteiger partial charge is 0.287 e. The van der Waals surface area contributed by atoms with Crippen molar-refractivity contribution in [3.8, 4) is 0 Å². The maximum absolute atomic E-state index is 3.81. The minimum Gasteiger partial charge on any atom is -0.287 e. The Balaban J connectivity index is 2.21. The van der Waals surface area contributed by atoms with Gasteiger partial charge in [0.15, 0.2) is 0 Å². The number of hydrogen-bond acceptors (Lipinski definition) is 3. The van der Waals surface area contributed by atoms with E-state index >= 15 is 0 Å². The highest BCUT2D eigenvalue weighted by Gasteiger charge is 2.60. The first-order chi connectivity index (χ1) is 6.04. The van der Waals surface area contributed by atoms with Crippen molar-refractivity contribution in [3.63, 3.8) is 0 Å². The fourth-order valence-corrected chi connectivity index (χ4v) is 6.57. The van der Waals surface area contributed by atoms with Gasteiger partial charge in [0.1, 0.15) is 0 Å². The molecule has 2 fully saturated rings. The van der Waals surface area contributed by atoms with Crippen molar-refractivity contribution in [2.24, 2.45) is 0 Å². The summed E-state index contributed by atoms with van der Waals surface area (Å²) < 4.78 is 0. The van der Waals surface area contributed by atoms with Gasteiger partial charge in [-0.25, -0.2) is 0 Å². The summed E-state index contributed by atoms with van der Waals surface area (Å²) in [5, 5.41) is 5.40. The van der Waals surface area contributed by atoms with Crippen LogP contribution in [0.15, 0.2) is 0 Å². The molecule has 0 amide bonds. The molecule has 0 spiro atoms. The molecule has 2 heterocycles. The van der Waals surface area contributed by atoms with Crippen LogP contribution >= 0.6 is 23.5 Å². The molecule has 0 aromatic carbocycles. The molecule has 0 aliphatic carbocycles. The van der Waals surface area contributed by atoms with Gasteiger partial charge in [-0.2, -0.15) is 0 Å². The summed E-state index contributed by atoms with van der Waals surface area (Å²) in [4.78, 5) is 0.684. The second-order valence-corrected chi connectivity index (χ2v) is 7.67. The van der Waals surface area contributed by atoms with E-state index in [2.05, 4.69) is 56.5 Å². The molecule has 4 unspecified atom stereocenters. The molecule has 0 radical (unpaired) electrons. The average Bonchev–Trinajstić information content (AvgIpc) is 2.48. The van der Waals surface area contributed by atoms with Crippen LogP contribution in [0.2, 0.25) is 0 Å². The first kappa shape index (κ1) is 10.2. The molecule has 13 heavy (non-hydrogen) atoms. The van der Waals surface area contributed by atoms with E-state index in [0.717, 1.165) is 10.5 Å². The van der Waals surface area contributed by atoms with Crippen LogP contribution in [0, 0.1) is 0 Å². The Hall–Kier alpha value is 0.660.